The topological polar surface area (TPSA) is 0 Å². The molecular formula is C11H15Si. The number of rotatable bonds is 2. The van der Waals surface area contributed by atoms with E-state index in [-0.39, 0.29) is 0 Å². The monoisotopic (exact) mass is 175 g/mol. The smallest absolute Gasteiger partial charge is 0.0651 e. The van der Waals surface area contributed by atoms with Crippen molar-refractivity contribution < 1.29 is 0 Å². The maximum Gasteiger partial charge on any atom is 0.0715 e. The molecular weight excluding hydrogens is 160 g/mol. The quantitative estimate of drug-likeness (QED) is 0.604. The Bertz CT molecular complexity index is 277. The van der Waals surface area contributed by atoms with Gasteiger partial charge >= 0.3 is 0 Å². The zero-order chi connectivity index (χ0) is 9.14. The Morgan fingerprint density at radius 1 is 1.17 bits per heavy atom. The first-order chi connectivity index (χ1) is 5.66. The molecule has 1 rings (SSSR count). The minimum Gasteiger partial charge on any atom is -0.0651 e. The molecule has 0 amide bonds. The molecule has 0 heterocycles. The van der Waals surface area contributed by atoms with Crippen LogP contribution < -0.4 is 5.19 Å². The van der Waals surface area contributed by atoms with E-state index in [1.165, 1.54) is 34.7 Å². The maximum atomic E-state index is 3.58. The normalized spacial score (nSPS) is 10.3. The summed E-state index contributed by atoms with van der Waals surface area (Å²) in [7, 11) is 3.58. The van der Waals surface area contributed by atoms with Crippen LogP contribution in [0.25, 0.3) is 0 Å². The Labute approximate surface area is 78.4 Å². The van der Waals surface area contributed by atoms with Gasteiger partial charge in [0.1, 0.15) is 0 Å². The van der Waals surface area contributed by atoms with Gasteiger partial charge in [0.25, 0.3) is 0 Å². The van der Waals surface area contributed by atoms with Gasteiger partial charge in [0.05, 0.1) is 10.2 Å². The molecule has 0 saturated carbocycles. The molecule has 1 aromatic rings. The van der Waals surface area contributed by atoms with Crippen molar-refractivity contribution >= 4 is 15.4 Å². The van der Waals surface area contributed by atoms with Crippen LogP contribution >= 0.6 is 0 Å². The van der Waals surface area contributed by atoms with Crippen molar-refractivity contribution in [3.8, 4) is 0 Å². The summed E-state index contributed by atoms with van der Waals surface area (Å²) in [6.45, 7) is 6.58. The van der Waals surface area contributed by atoms with E-state index >= 15 is 0 Å². The van der Waals surface area contributed by atoms with Crippen LogP contribution in [0.4, 0.5) is 0 Å². The molecule has 0 bridgehead atoms. The fourth-order valence-corrected chi connectivity index (χ4v) is 1.69. The molecule has 3 radical (unpaired) electrons. The van der Waals surface area contributed by atoms with Crippen LogP contribution in [0.3, 0.4) is 0 Å². The second-order valence-corrected chi connectivity index (χ2v) is 3.81. The summed E-state index contributed by atoms with van der Waals surface area (Å²) < 4.78 is 0. The number of hydrogen-bond donors (Lipinski definition) is 0. The fraction of sp³-hybridized carbons (Fsp3) is 0.455. The van der Waals surface area contributed by atoms with Crippen molar-refractivity contribution in [2.45, 2.75) is 33.6 Å². The molecule has 0 fully saturated rings. The van der Waals surface area contributed by atoms with Crippen molar-refractivity contribution in [3.63, 3.8) is 0 Å². The van der Waals surface area contributed by atoms with E-state index < -0.39 is 0 Å². The van der Waals surface area contributed by atoms with E-state index in [9.17, 15) is 0 Å². The van der Waals surface area contributed by atoms with Gasteiger partial charge in [0, 0.05) is 0 Å². The summed E-state index contributed by atoms with van der Waals surface area (Å²) in [4.78, 5) is 0. The Hall–Kier alpha value is -0.563. The van der Waals surface area contributed by atoms with E-state index in [0.29, 0.717) is 0 Å². The zero-order valence-electron chi connectivity index (χ0n) is 8.07. The zero-order valence-corrected chi connectivity index (χ0v) is 9.07. The Kier molecular flexibility index (Phi) is 3.10. The van der Waals surface area contributed by atoms with Crippen molar-refractivity contribution in [3.05, 3.63) is 28.8 Å². The summed E-state index contributed by atoms with van der Waals surface area (Å²) in [5.74, 6) is 0. The third kappa shape index (κ3) is 1.78. The van der Waals surface area contributed by atoms with Gasteiger partial charge in [-0.1, -0.05) is 30.7 Å². The summed E-state index contributed by atoms with van der Waals surface area (Å²) in [5, 5.41) is 1.22. The first kappa shape index (κ1) is 9.52. The van der Waals surface area contributed by atoms with Crippen molar-refractivity contribution in [2.75, 3.05) is 0 Å². The van der Waals surface area contributed by atoms with E-state index in [1.807, 2.05) is 0 Å². The molecule has 0 N–H and O–H groups in total. The van der Waals surface area contributed by atoms with Gasteiger partial charge in [-0.25, -0.2) is 0 Å². The van der Waals surface area contributed by atoms with E-state index in [0.717, 1.165) is 0 Å². The standard InChI is InChI=1S/C11H15Si/c1-4-5-10-6-7-11(12)9(3)8(10)2/h6-7H,4-5H2,1-3H3. The lowest BCUT2D eigenvalue weighted by molar-refractivity contribution is 0.911. The minimum absolute atomic E-state index is 1.19. The maximum absolute atomic E-state index is 3.58. The summed E-state index contributed by atoms with van der Waals surface area (Å²) in [6.07, 6.45) is 2.42. The van der Waals surface area contributed by atoms with Gasteiger partial charge in [-0.15, -0.1) is 0 Å². The molecule has 1 heteroatoms. The summed E-state index contributed by atoms with van der Waals surface area (Å²) >= 11 is 0. The number of hydrogen-bond acceptors (Lipinski definition) is 0. The highest BCUT2D eigenvalue weighted by Crippen LogP contribution is 2.12. The van der Waals surface area contributed by atoms with Crippen LogP contribution in [0.5, 0.6) is 0 Å². The molecule has 0 spiro atoms. The predicted octanol–water partition coefficient (Wildman–Crippen LogP) is 2.05. The minimum atomic E-state index is 1.19. The fourth-order valence-electron chi connectivity index (χ4n) is 1.42. The van der Waals surface area contributed by atoms with Gasteiger partial charge in [0.15, 0.2) is 0 Å². The van der Waals surface area contributed by atoms with Crippen LogP contribution in [0.15, 0.2) is 12.1 Å². The first-order valence-corrected chi connectivity index (χ1v) is 4.97. The molecule has 0 unspecified atom stereocenters. The molecule has 0 aliphatic carbocycles. The highest BCUT2D eigenvalue weighted by molar-refractivity contribution is 6.33. The lowest BCUT2D eigenvalue weighted by Crippen LogP contribution is -2.10. The Balaban J connectivity index is 3.08. The number of benzene rings is 1. The van der Waals surface area contributed by atoms with Crippen molar-refractivity contribution in [2.24, 2.45) is 0 Å². The Morgan fingerprint density at radius 3 is 2.42 bits per heavy atom. The lowest BCUT2D eigenvalue weighted by Gasteiger charge is -2.09. The molecule has 0 nitrogen and oxygen atoms in total. The summed E-state index contributed by atoms with van der Waals surface area (Å²) in [6, 6.07) is 4.36. The Morgan fingerprint density at radius 2 is 1.83 bits per heavy atom. The molecule has 12 heavy (non-hydrogen) atoms. The van der Waals surface area contributed by atoms with Crippen molar-refractivity contribution in [1.82, 2.24) is 0 Å². The SMILES string of the molecule is CCCc1ccc([Si])c(C)c1C. The van der Waals surface area contributed by atoms with Crippen LogP contribution in [0.2, 0.25) is 0 Å². The van der Waals surface area contributed by atoms with Crippen molar-refractivity contribution in [1.29, 1.82) is 0 Å². The molecule has 0 aliphatic heterocycles. The molecule has 0 aromatic heterocycles. The average molecular weight is 175 g/mol. The molecule has 63 valence electrons. The second-order valence-electron chi connectivity index (χ2n) is 3.27. The third-order valence-corrected chi connectivity index (χ3v) is 2.96. The molecule has 0 atom stereocenters. The van der Waals surface area contributed by atoms with Gasteiger partial charge in [-0.3, -0.25) is 0 Å². The van der Waals surface area contributed by atoms with E-state index in [2.05, 4.69) is 43.1 Å². The van der Waals surface area contributed by atoms with Crippen LogP contribution in [-0.2, 0) is 6.42 Å². The first-order valence-electron chi connectivity index (χ1n) is 4.47. The predicted molar refractivity (Wildman–Crippen MR) is 55.3 cm³/mol. The lowest BCUT2D eigenvalue weighted by atomic mass is 10.00. The highest BCUT2D eigenvalue weighted by Gasteiger charge is 2.01. The number of aryl methyl sites for hydroxylation is 1. The molecule has 1 aromatic carbocycles. The van der Waals surface area contributed by atoms with Crippen LogP contribution in [0.1, 0.15) is 30.0 Å². The van der Waals surface area contributed by atoms with E-state index in [4.69, 9.17) is 0 Å². The molecule has 0 aliphatic rings. The molecule has 0 saturated heterocycles. The second kappa shape index (κ2) is 3.90. The van der Waals surface area contributed by atoms with Gasteiger partial charge in [-0.05, 0) is 37.0 Å². The van der Waals surface area contributed by atoms with Crippen LogP contribution in [0, 0.1) is 13.8 Å². The average Bonchev–Trinajstić information content (AvgIpc) is 2.07. The van der Waals surface area contributed by atoms with Gasteiger partial charge < -0.3 is 0 Å². The van der Waals surface area contributed by atoms with Gasteiger partial charge in [-0.2, -0.15) is 0 Å². The van der Waals surface area contributed by atoms with E-state index in [1.54, 1.807) is 0 Å². The van der Waals surface area contributed by atoms with Gasteiger partial charge in [0.2, 0.25) is 0 Å². The highest BCUT2D eigenvalue weighted by atomic mass is 28.1. The largest absolute Gasteiger partial charge is 0.0715 e. The van der Waals surface area contributed by atoms with Crippen LogP contribution in [-0.4, -0.2) is 10.2 Å². The summed E-state index contributed by atoms with van der Waals surface area (Å²) in [5.41, 5.74) is 4.29. The third-order valence-electron chi connectivity index (χ3n) is 2.42.